The van der Waals surface area contributed by atoms with Gasteiger partial charge in [-0.3, -0.25) is 0 Å². The molecule has 10 heavy (non-hydrogen) atoms. The van der Waals surface area contributed by atoms with Crippen LogP contribution in [0.4, 0.5) is 0 Å². The van der Waals surface area contributed by atoms with Crippen LogP contribution in [0.3, 0.4) is 0 Å². The molecule has 0 rings (SSSR count). The third-order valence-electron chi connectivity index (χ3n) is 1.71. The second-order valence-corrected chi connectivity index (χ2v) is 5.25. The predicted octanol–water partition coefficient (Wildman–Crippen LogP) is 3.42. The monoisotopic (exact) mass is 160 g/mol. The van der Waals surface area contributed by atoms with Crippen molar-refractivity contribution in [1.82, 2.24) is 0 Å². The minimum absolute atomic E-state index is 0.452. The second-order valence-electron chi connectivity index (χ2n) is 4.27. The first-order chi connectivity index (χ1) is 4.39. The van der Waals surface area contributed by atoms with E-state index in [1.54, 1.807) is 0 Å². The van der Waals surface area contributed by atoms with Crippen LogP contribution in [-0.4, -0.2) is 11.5 Å². The Morgan fingerprint density at radius 2 is 1.50 bits per heavy atom. The van der Waals surface area contributed by atoms with Gasteiger partial charge >= 0.3 is 0 Å². The van der Waals surface area contributed by atoms with Crippen molar-refractivity contribution in [2.75, 3.05) is 6.26 Å². The third-order valence-corrected chi connectivity index (χ3v) is 3.47. The van der Waals surface area contributed by atoms with Gasteiger partial charge in [-0.25, -0.2) is 0 Å². The van der Waals surface area contributed by atoms with Crippen LogP contribution in [0.15, 0.2) is 0 Å². The van der Waals surface area contributed by atoms with E-state index in [1.807, 2.05) is 11.8 Å². The summed E-state index contributed by atoms with van der Waals surface area (Å²) in [5.41, 5.74) is 0.452. The average Bonchev–Trinajstić information content (AvgIpc) is 1.60. The first-order valence-electron chi connectivity index (χ1n) is 3.92. The Balaban J connectivity index is 4.07. The summed E-state index contributed by atoms with van der Waals surface area (Å²) in [4.78, 5) is 0. The van der Waals surface area contributed by atoms with Crippen LogP contribution in [0.5, 0.6) is 0 Å². The van der Waals surface area contributed by atoms with E-state index < -0.39 is 0 Å². The lowest BCUT2D eigenvalue weighted by Gasteiger charge is -2.32. The molecule has 1 atom stereocenters. The molecule has 0 aliphatic heterocycles. The molecule has 0 aliphatic rings. The van der Waals surface area contributed by atoms with E-state index in [0.717, 1.165) is 11.2 Å². The van der Waals surface area contributed by atoms with Gasteiger partial charge in [0.05, 0.1) is 0 Å². The van der Waals surface area contributed by atoms with Crippen molar-refractivity contribution in [1.29, 1.82) is 0 Å². The Labute approximate surface area is 69.8 Å². The Kier molecular flexibility index (Phi) is 3.79. The van der Waals surface area contributed by atoms with Gasteiger partial charge < -0.3 is 0 Å². The summed E-state index contributed by atoms with van der Waals surface area (Å²) < 4.78 is 0. The van der Waals surface area contributed by atoms with Gasteiger partial charge in [0.25, 0.3) is 0 Å². The van der Waals surface area contributed by atoms with E-state index in [4.69, 9.17) is 0 Å². The molecule has 0 fully saturated rings. The SMILES string of the molecule is CSC(C(C)C)C(C)(C)C. The highest BCUT2D eigenvalue weighted by Gasteiger charge is 2.25. The fourth-order valence-corrected chi connectivity index (χ4v) is 2.88. The zero-order valence-electron chi connectivity index (χ0n) is 8.06. The summed E-state index contributed by atoms with van der Waals surface area (Å²) >= 11 is 1.98. The van der Waals surface area contributed by atoms with Gasteiger partial charge in [-0.15, -0.1) is 0 Å². The molecule has 0 N–H and O–H groups in total. The van der Waals surface area contributed by atoms with Crippen molar-refractivity contribution in [3.63, 3.8) is 0 Å². The Morgan fingerprint density at radius 1 is 1.10 bits per heavy atom. The fraction of sp³-hybridized carbons (Fsp3) is 1.00. The summed E-state index contributed by atoms with van der Waals surface area (Å²) in [7, 11) is 0. The maximum absolute atomic E-state index is 2.31. The van der Waals surface area contributed by atoms with Crippen LogP contribution in [0.1, 0.15) is 34.6 Å². The Hall–Kier alpha value is 0.350. The summed E-state index contributed by atoms with van der Waals surface area (Å²) in [5, 5.41) is 0.785. The van der Waals surface area contributed by atoms with Crippen LogP contribution >= 0.6 is 11.8 Å². The first kappa shape index (κ1) is 10.3. The van der Waals surface area contributed by atoms with Crippen molar-refractivity contribution < 1.29 is 0 Å². The molecular formula is C9H20S. The van der Waals surface area contributed by atoms with Gasteiger partial charge in [0.1, 0.15) is 0 Å². The summed E-state index contributed by atoms with van der Waals surface area (Å²) in [6.45, 7) is 11.5. The van der Waals surface area contributed by atoms with E-state index in [0.29, 0.717) is 5.41 Å². The Morgan fingerprint density at radius 3 is 1.50 bits per heavy atom. The lowest BCUT2D eigenvalue weighted by atomic mass is 9.85. The van der Waals surface area contributed by atoms with E-state index in [2.05, 4.69) is 40.9 Å². The number of rotatable bonds is 2. The minimum Gasteiger partial charge on any atom is -0.161 e. The fourth-order valence-electron chi connectivity index (χ4n) is 1.63. The standard InChI is InChI=1S/C9H20S/c1-7(2)8(10-6)9(3,4)5/h7-8H,1-6H3. The predicted molar refractivity (Wildman–Crippen MR) is 51.6 cm³/mol. The normalized spacial score (nSPS) is 15.9. The zero-order valence-corrected chi connectivity index (χ0v) is 8.88. The van der Waals surface area contributed by atoms with Gasteiger partial charge in [0.15, 0.2) is 0 Å². The van der Waals surface area contributed by atoms with Crippen molar-refractivity contribution in [2.45, 2.75) is 39.9 Å². The van der Waals surface area contributed by atoms with Gasteiger partial charge in [-0.05, 0) is 17.6 Å². The van der Waals surface area contributed by atoms with Crippen LogP contribution in [-0.2, 0) is 0 Å². The molecule has 0 spiro atoms. The maximum Gasteiger partial charge on any atom is 0.0116 e. The molecule has 0 bridgehead atoms. The summed E-state index contributed by atoms with van der Waals surface area (Å²) in [6.07, 6.45) is 2.20. The van der Waals surface area contributed by atoms with E-state index in [9.17, 15) is 0 Å². The van der Waals surface area contributed by atoms with E-state index in [-0.39, 0.29) is 0 Å². The molecule has 0 aromatic carbocycles. The maximum atomic E-state index is 2.31. The molecule has 0 saturated carbocycles. The van der Waals surface area contributed by atoms with Crippen LogP contribution < -0.4 is 0 Å². The van der Waals surface area contributed by atoms with E-state index in [1.165, 1.54) is 0 Å². The first-order valence-corrected chi connectivity index (χ1v) is 5.21. The highest BCUT2D eigenvalue weighted by atomic mass is 32.2. The smallest absolute Gasteiger partial charge is 0.0116 e. The summed E-state index contributed by atoms with van der Waals surface area (Å²) in [6, 6.07) is 0. The van der Waals surface area contributed by atoms with Crippen molar-refractivity contribution in [3.05, 3.63) is 0 Å². The molecule has 0 radical (unpaired) electrons. The number of hydrogen-bond donors (Lipinski definition) is 0. The van der Waals surface area contributed by atoms with Crippen LogP contribution in [0.25, 0.3) is 0 Å². The second kappa shape index (κ2) is 3.66. The van der Waals surface area contributed by atoms with Crippen molar-refractivity contribution >= 4 is 11.8 Å². The van der Waals surface area contributed by atoms with Gasteiger partial charge in [-0.2, -0.15) is 11.8 Å². The largest absolute Gasteiger partial charge is 0.161 e. The van der Waals surface area contributed by atoms with Crippen LogP contribution in [0.2, 0.25) is 0 Å². The lowest BCUT2D eigenvalue weighted by molar-refractivity contribution is 0.336. The quantitative estimate of drug-likeness (QED) is 0.596. The Bertz CT molecular complexity index is 89.4. The van der Waals surface area contributed by atoms with Crippen molar-refractivity contribution in [2.24, 2.45) is 11.3 Å². The molecular weight excluding hydrogens is 140 g/mol. The molecule has 0 aliphatic carbocycles. The van der Waals surface area contributed by atoms with E-state index >= 15 is 0 Å². The molecule has 0 aromatic rings. The number of hydrogen-bond acceptors (Lipinski definition) is 1. The van der Waals surface area contributed by atoms with Crippen molar-refractivity contribution in [3.8, 4) is 0 Å². The minimum atomic E-state index is 0.452. The molecule has 0 saturated heterocycles. The molecule has 62 valence electrons. The number of thioether (sulfide) groups is 1. The lowest BCUT2D eigenvalue weighted by Crippen LogP contribution is -2.27. The highest BCUT2D eigenvalue weighted by molar-refractivity contribution is 7.99. The zero-order chi connectivity index (χ0) is 8.36. The summed E-state index contributed by atoms with van der Waals surface area (Å²) in [5.74, 6) is 0.787. The molecule has 0 amide bonds. The highest BCUT2D eigenvalue weighted by Crippen LogP contribution is 2.33. The topological polar surface area (TPSA) is 0 Å². The van der Waals surface area contributed by atoms with Gasteiger partial charge in [-0.1, -0.05) is 34.6 Å². The molecule has 0 nitrogen and oxygen atoms in total. The van der Waals surface area contributed by atoms with Crippen LogP contribution in [0, 0.1) is 11.3 Å². The molecule has 0 heterocycles. The third kappa shape index (κ3) is 2.96. The molecule has 1 heteroatoms. The molecule has 0 aromatic heterocycles. The van der Waals surface area contributed by atoms with Gasteiger partial charge in [0, 0.05) is 5.25 Å². The molecule has 1 unspecified atom stereocenters. The van der Waals surface area contributed by atoms with Gasteiger partial charge in [0.2, 0.25) is 0 Å². The average molecular weight is 160 g/mol.